The molecular formula is C22H18O2. The molecule has 1 aliphatic carbocycles. The monoisotopic (exact) mass is 314 g/mol. The zero-order chi connectivity index (χ0) is 16.4. The molecule has 0 spiro atoms. The SMILES string of the molecule is O=C1CCc2cccc(-c3ccc(OCc4ccccc4)cc3)c21. The predicted molar refractivity (Wildman–Crippen MR) is 95.3 cm³/mol. The molecule has 0 saturated heterocycles. The smallest absolute Gasteiger partial charge is 0.164 e. The third kappa shape index (κ3) is 2.83. The van der Waals surface area contributed by atoms with E-state index in [4.69, 9.17) is 4.74 Å². The number of rotatable bonds is 4. The number of hydrogen-bond donors (Lipinski definition) is 0. The van der Waals surface area contributed by atoms with E-state index in [9.17, 15) is 4.79 Å². The molecule has 118 valence electrons. The van der Waals surface area contributed by atoms with Crippen LogP contribution in [0.2, 0.25) is 0 Å². The molecule has 0 aliphatic heterocycles. The summed E-state index contributed by atoms with van der Waals surface area (Å²) in [5.74, 6) is 1.09. The summed E-state index contributed by atoms with van der Waals surface area (Å²) in [5.41, 5.74) is 5.31. The third-order valence-electron chi connectivity index (χ3n) is 4.46. The average Bonchev–Trinajstić information content (AvgIpc) is 3.03. The second-order valence-corrected chi connectivity index (χ2v) is 6.06. The van der Waals surface area contributed by atoms with E-state index in [0.29, 0.717) is 13.0 Å². The first kappa shape index (κ1) is 14.7. The maximum atomic E-state index is 12.2. The molecule has 0 amide bonds. The lowest BCUT2D eigenvalue weighted by Gasteiger charge is -2.10. The minimum absolute atomic E-state index is 0.255. The van der Waals surface area contributed by atoms with Crippen LogP contribution in [0.1, 0.15) is 27.9 Å². The number of ketones is 1. The van der Waals surface area contributed by atoms with Crippen LogP contribution in [0.3, 0.4) is 0 Å². The second kappa shape index (κ2) is 6.32. The van der Waals surface area contributed by atoms with Crippen molar-refractivity contribution in [2.24, 2.45) is 0 Å². The Morgan fingerprint density at radius 2 is 1.58 bits per heavy atom. The van der Waals surface area contributed by atoms with Crippen LogP contribution in [-0.4, -0.2) is 5.78 Å². The summed E-state index contributed by atoms with van der Waals surface area (Å²) in [5, 5.41) is 0. The van der Waals surface area contributed by atoms with Gasteiger partial charge in [-0.3, -0.25) is 4.79 Å². The number of ether oxygens (including phenoxy) is 1. The van der Waals surface area contributed by atoms with Gasteiger partial charge in [0.15, 0.2) is 5.78 Å². The fraction of sp³-hybridized carbons (Fsp3) is 0.136. The molecule has 0 heterocycles. The van der Waals surface area contributed by atoms with Crippen molar-refractivity contribution in [3.8, 4) is 16.9 Å². The maximum Gasteiger partial charge on any atom is 0.164 e. The van der Waals surface area contributed by atoms with E-state index in [1.54, 1.807) is 0 Å². The maximum absolute atomic E-state index is 12.2. The highest BCUT2D eigenvalue weighted by Crippen LogP contribution is 2.33. The molecule has 0 radical (unpaired) electrons. The summed E-state index contributed by atoms with van der Waals surface area (Å²) >= 11 is 0. The van der Waals surface area contributed by atoms with Crippen LogP contribution >= 0.6 is 0 Å². The van der Waals surface area contributed by atoms with Crippen LogP contribution in [-0.2, 0) is 13.0 Å². The molecule has 0 atom stereocenters. The quantitative estimate of drug-likeness (QED) is 0.672. The van der Waals surface area contributed by atoms with Crippen LogP contribution in [0.15, 0.2) is 72.8 Å². The van der Waals surface area contributed by atoms with Gasteiger partial charge in [0.1, 0.15) is 12.4 Å². The van der Waals surface area contributed by atoms with Crippen LogP contribution in [0.5, 0.6) is 5.75 Å². The Bertz CT molecular complexity index is 864. The summed E-state index contributed by atoms with van der Waals surface area (Å²) in [4.78, 5) is 12.2. The standard InChI is InChI=1S/C22H18O2/c23-21-14-11-18-7-4-8-20(22(18)21)17-9-12-19(13-10-17)24-15-16-5-2-1-3-6-16/h1-10,12-13H,11,14-15H2. The molecule has 0 N–H and O–H groups in total. The molecule has 2 nitrogen and oxygen atoms in total. The molecular weight excluding hydrogens is 296 g/mol. The lowest BCUT2D eigenvalue weighted by molar-refractivity contribution is 0.0995. The molecule has 4 rings (SSSR count). The predicted octanol–water partition coefficient (Wildman–Crippen LogP) is 5.06. The lowest BCUT2D eigenvalue weighted by atomic mass is 9.96. The van der Waals surface area contributed by atoms with Gasteiger partial charge in [0.25, 0.3) is 0 Å². The summed E-state index contributed by atoms with van der Waals surface area (Å²) in [6, 6.07) is 24.2. The molecule has 0 unspecified atom stereocenters. The number of aryl methyl sites for hydroxylation is 1. The Hall–Kier alpha value is -2.87. The highest BCUT2D eigenvalue weighted by Gasteiger charge is 2.22. The zero-order valence-electron chi connectivity index (χ0n) is 13.4. The van der Waals surface area contributed by atoms with Crippen LogP contribution in [0, 0.1) is 0 Å². The molecule has 3 aromatic carbocycles. The lowest BCUT2D eigenvalue weighted by Crippen LogP contribution is -1.97. The van der Waals surface area contributed by atoms with Crippen molar-refractivity contribution in [3.05, 3.63) is 89.5 Å². The molecule has 0 fully saturated rings. The van der Waals surface area contributed by atoms with Gasteiger partial charge in [0.05, 0.1) is 0 Å². The fourth-order valence-corrected chi connectivity index (χ4v) is 3.22. The number of fused-ring (bicyclic) bond motifs is 1. The van der Waals surface area contributed by atoms with E-state index in [-0.39, 0.29) is 5.78 Å². The number of carbonyl (C=O) groups excluding carboxylic acids is 1. The first-order valence-electron chi connectivity index (χ1n) is 8.23. The molecule has 0 bridgehead atoms. The van der Waals surface area contributed by atoms with E-state index in [1.165, 1.54) is 5.56 Å². The Morgan fingerprint density at radius 3 is 2.38 bits per heavy atom. The molecule has 1 aliphatic rings. The van der Waals surface area contributed by atoms with E-state index in [2.05, 4.69) is 6.07 Å². The molecule has 24 heavy (non-hydrogen) atoms. The summed E-state index contributed by atoms with van der Waals surface area (Å²) in [6.45, 7) is 0.555. The van der Waals surface area contributed by atoms with Gasteiger partial charge in [0.2, 0.25) is 0 Å². The van der Waals surface area contributed by atoms with Crippen molar-refractivity contribution in [2.75, 3.05) is 0 Å². The zero-order valence-corrected chi connectivity index (χ0v) is 13.4. The summed E-state index contributed by atoms with van der Waals surface area (Å²) in [6.07, 6.45) is 1.49. The molecule has 2 heteroatoms. The first-order valence-corrected chi connectivity index (χ1v) is 8.23. The van der Waals surface area contributed by atoms with Gasteiger partial charge in [-0.25, -0.2) is 0 Å². The fourth-order valence-electron chi connectivity index (χ4n) is 3.22. The molecule has 0 saturated carbocycles. The minimum Gasteiger partial charge on any atom is -0.489 e. The van der Waals surface area contributed by atoms with Crippen molar-refractivity contribution in [2.45, 2.75) is 19.4 Å². The summed E-state index contributed by atoms with van der Waals surface area (Å²) in [7, 11) is 0. The van der Waals surface area contributed by atoms with Gasteiger partial charge in [-0.2, -0.15) is 0 Å². The topological polar surface area (TPSA) is 26.3 Å². The number of hydrogen-bond acceptors (Lipinski definition) is 2. The highest BCUT2D eigenvalue weighted by atomic mass is 16.5. The van der Waals surface area contributed by atoms with Crippen molar-refractivity contribution in [1.29, 1.82) is 0 Å². The van der Waals surface area contributed by atoms with Crippen LogP contribution in [0.4, 0.5) is 0 Å². The van der Waals surface area contributed by atoms with Gasteiger partial charge in [-0.15, -0.1) is 0 Å². The average molecular weight is 314 g/mol. The summed E-state index contributed by atoms with van der Waals surface area (Å²) < 4.78 is 5.83. The number of benzene rings is 3. The molecule has 3 aromatic rings. The van der Waals surface area contributed by atoms with Crippen molar-refractivity contribution in [1.82, 2.24) is 0 Å². The van der Waals surface area contributed by atoms with Crippen molar-refractivity contribution in [3.63, 3.8) is 0 Å². The number of carbonyl (C=O) groups is 1. The van der Waals surface area contributed by atoms with Crippen molar-refractivity contribution < 1.29 is 9.53 Å². The Kier molecular flexibility index (Phi) is 3.87. The van der Waals surface area contributed by atoms with Crippen molar-refractivity contribution >= 4 is 5.78 Å². The largest absolute Gasteiger partial charge is 0.489 e. The van der Waals surface area contributed by atoms with E-state index < -0.39 is 0 Å². The molecule has 0 aromatic heterocycles. The van der Waals surface area contributed by atoms with E-state index >= 15 is 0 Å². The Morgan fingerprint density at radius 1 is 0.792 bits per heavy atom. The van der Waals surface area contributed by atoms with Gasteiger partial charge in [0, 0.05) is 12.0 Å². The normalized spacial score (nSPS) is 12.9. The van der Waals surface area contributed by atoms with E-state index in [1.807, 2.05) is 66.7 Å². The van der Waals surface area contributed by atoms with Gasteiger partial charge >= 0.3 is 0 Å². The van der Waals surface area contributed by atoms with Gasteiger partial charge in [-0.05, 0) is 40.8 Å². The Labute approximate surface area is 141 Å². The highest BCUT2D eigenvalue weighted by molar-refractivity contribution is 6.06. The third-order valence-corrected chi connectivity index (χ3v) is 4.46. The minimum atomic E-state index is 0.255. The van der Waals surface area contributed by atoms with Crippen LogP contribution < -0.4 is 4.74 Å². The van der Waals surface area contributed by atoms with Crippen LogP contribution in [0.25, 0.3) is 11.1 Å². The second-order valence-electron chi connectivity index (χ2n) is 6.06. The Balaban J connectivity index is 1.55. The van der Waals surface area contributed by atoms with Gasteiger partial charge < -0.3 is 4.74 Å². The first-order chi connectivity index (χ1) is 11.8. The van der Waals surface area contributed by atoms with E-state index in [0.717, 1.165) is 34.4 Å². The number of Topliss-reactive ketones (excluding diaryl/α,β-unsaturated/α-hetero) is 1. The van der Waals surface area contributed by atoms with Gasteiger partial charge in [-0.1, -0.05) is 60.7 Å².